The molecule has 0 spiro atoms. The van der Waals surface area contributed by atoms with Crippen LogP contribution in [0.5, 0.6) is 0 Å². The molecular formula is C16H12ClNO3. The van der Waals surface area contributed by atoms with E-state index in [1.165, 1.54) is 18.2 Å². The highest BCUT2D eigenvalue weighted by Crippen LogP contribution is 2.13. The molecule has 0 saturated heterocycles. The quantitative estimate of drug-likeness (QED) is 0.846. The Morgan fingerprint density at radius 1 is 1.10 bits per heavy atom. The third kappa shape index (κ3) is 4.47. The van der Waals surface area contributed by atoms with Crippen molar-refractivity contribution in [2.75, 3.05) is 5.32 Å². The third-order valence-corrected chi connectivity index (χ3v) is 2.89. The number of carbonyl (C=O) groups excluding carboxylic acids is 1. The van der Waals surface area contributed by atoms with Crippen molar-refractivity contribution < 1.29 is 14.7 Å². The molecule has 2 aromatic rings. The topological polar surface area (TPSA) is 66.4 Å². The van der Waals surface area contributed by atoms with Gasteiger partial charge in [0.1, 0.15) is 0 Å². The van der Waals surface area contributed by atoms with Gasteiger partial charge >= 0.3 is 5.97 Å². The van der Waals surface area contributed by atoms with Crippen LogP contribution in [0, 0.1) is 0 Å². The van der Waals surface area contributed by atoms with Gasteiger partial charge in [-0.05, 0) is 42.0 Å². The van der Waals surface area contributed by atoms with Gasteiger partial charge in [-0.3, -0.25) is 4.79 Å². The number of nitrogens with one attached hydrogen (secondary N) is 1. The summed E-state index contributed by atoms with van der Waals surface area (Å²) in [5.41, 5.74) is 1.35. The summed E-state index contributed by atoms with van der Waals surface area (Å²) in [7, 11) is 0. The largest absolute Gasteiger partial charge is 0.478 e. The zero-order chi connectivity index (χ0) is 15.2. The lowest BCUT2D eigenvalue weighted by molar-refractivity contribution is -0.111. The molecule has 0 aliphatic carbocycles. The highest BCUT2D eigenvalue weighted by atomic mass is 35.5. The van der Waals surface area contributed by atoms with E-state index in [4.69, 9.17) is 16.7 Å². The minimum absolute atomic E-state index is 0.117. The zero-order valence-corrected chi connectivity index (χ0v) is 11.7. The molecule has 2 aromatic carbocycles. The molecule has 1 amide bonds. The normalized spacial score (nSPS) is 10.5. The summed E-state index contributed by atoms with van der Waals surface area (Å²) in [5.74, 6) is -1.39. The standard InChI is InChI=1S/C16H12ClNO3/c17-13-5-1-3-11(9-13)7-8-15(19)18-14-6-2-4-12(10-14)16(20)21/h1-10H,(H,18,19)(H,20,21)/b8-7+. The van der Waals surface area contributed by atoms with Gasteiger partial charge in [0.15, 0.2) is 0 Å². The average Bonchev–Trinajstić information content (AvgIpc) is 2.45. The lowest BCUT2D eigenvalue weighted by Gasteiger charge is -2.03. The Morgan fingerprint density at radius 3 is 2.57 bits per heavy atom. The molecule has 0 saturated carbocycles. The fraction of sp³-hybridized carbons (Fsp3) is 0. The number of hydrogen-bond acceptors (Lipinski definition) is 2. The van der Waals surface area contributed by atoms with E-state index in [-0.39, 0.29) is 11.5 Å². The molecule has 0 atom stereocenters. The smallest absolute Gasteiger partial charge is 0.335 e. The molecule has 0 fully saturated rings. The molecule has 4 nitrogen and oxygen atoms in total. The van der Waals surface area contributed by atoms with Gasteiger partial charge in [-0.1, -0.05) is 29.8 Å². The van der Waals surface area contributed by atoms with Crippen molar-refractivity contribution in [3.05, 3.63) is 70.8 Å². The summed E-state index contributed by atoms with van der Waals surface area (Å²) in [6, 6.07) is 13.1. The first-order chi connectivity index (χ1) is 10.0. The number of benzene rings is 2. The predicted molar refractivity (Wildman–Crippen MR) is 82.5 cm³/mol. The highest BCUT2D eigenvalue weighted by molar-refractivity contribution is 6.30. The summed E-state index contributed by atoms with van der Waals surface area (Å²) in [5, 5.41) is 12.1. The zero-order valence-electron chi connectivity index (χ0n) is 10.9. The van der Waals surface area contributed by atoms with Crippen molar-refractivity contribution in [2.24, 2.45) is 0 Å². The number of aromatic carboxylic acids is 1. The molecule has 0 aromatic heterocycles. The molecule has 0 aliphatic heterocycles. The summed E-state index contributed by atoms with van der Waals surface area (Å²) in [6.45, 7) is 0. The average molecular weight is 302 g/mol. The van der Waals surface area contributed by atoms with Gasteiger partial charge in [0.05, 0.1) is 5.56 Å². The van der Waals surface area contributed by atoms with E-state index >= 15 is 0 Å². The monoisotopic (exact) mass is 301 g/mol. The second-order valence-electron chi connectivity index (χ2n) is 4.26. The molecule has 2 rings (SSSR count). The Kier molecular flexibility index (Phi) is 4.74. The number of hydrogen-bond donors (Lipinski definition) is 2. The number of carbonyl (C=O) groups is 2. The fourth-order valence-electron chi connectivity index (χ4n) is 1.70. The van der Waals surface area contributed by atoms with Gasteiger partial charge in [0.2, 0.25) is 5.91 Å². The van der Waals surface area contributed by atoms with Crippen LogP contribution in [0.15, 0.2) is 54.6 Å². The SMILES string of the molecule is O=C(/C=C/c1cccc(Cl)c1)Nc1cccc(C(=O)O)c1. The number of carboxylic acids is 1. The molecule has 0 aliphatic rings. The van der Waals surface area contributed by atoms with Crippen LogP contribution in [-0.4, -0.2) is 17.0 Å². The maximum Gasteiger partial charge on any atom is 0.335 e. The van der Waals surface area contributed by atoms with Crippen molar-refractivity contribution in [1.29, 1.82) is 0 Å². The number of amides is 1. The van der Waals surface area contributed by atoms with Crippen molar-refractivity contribution in [2.45, 2.75) is 0 Å². The minimum Gasteiger partial charge on any atom is -0.478 e. The Labute approximate surface area is 126 Å². The molecule has 0 bridgehead atoms. The lowest BCUT2D eigenvalue weighted by atomic mass is 10.2. The van der Waals surface area contributed by atoms with E-state index in [9.17, 15) is 9.59 Å². The summed E-state index contributed by atoms with van der Waals surface area (Å²) in [6.07, 6.45) is 2.99. The summed E-state index contributed by atoms with van der Waals surface area (Å²) < 4.78 is 0. The lowest BCUT2D eigenvalue weighted by Crippen LogP contribution is -2.08. The number of rotatable bonds is 4. The van der Waals surface area contributed by atoms with Crippen LogP contribution in [0.25, 0.3) is 6.08 Å². The predicted octanol–water partition coefficient (Wildman–Crippen LogP) is 3.69. The maximum atomic E-state index is 11.8. The molecule has 5 heteroatoms. The molecule has 106 valence electrons. The van der Waals surface area contributed by atoms with Crippen LogP contribution < -0.4 is 5.32 Å². The van der Waals surface area contributed by atoms with Gasteiger partial charge in [0.25, 0.3) is 0 Å². The van der Waals surface area contributed by atoms with Crippen molar-refractivity contribution >= 4 is 35.2 Å². The highest BCUT2D eigenvalue weighted by Gasteiger charge is 2.04. The van der Waals surface area contributed by atoms with Gasteiger partial charge in [-0.25, -0.2) is 4.79 Å². The van der Waals surface area contributed by atoms with Crippen LogP contribution in [0.3, 0.4) is 0 Å². The second-order valence-corrected chi connectivity index (χ2v) is 4.70. The van der Waals surface area contributed by atoms with Crippen LogP contribution in [0.2, 0.25) is 5.02 Å². The number of anilines is 1. The Hall–Kier alpha value is -2.59. The molecule has 21 heavy (non-hydrogen) atoms. The number of carboxylic acid groups (broad SMARTS) is 1. The molecule has 0 unspecified atom stereocenters. The van der Waals surface area contributed by atoms with Gasteiger partial charge in [-0.15, -0.1) is 0 Å². The van der Waals surface area contributed by atoms with Crippen LogP contribution in [0.4, 0.5) is 5.69 Å². The minimum atomic E-state index is -1.04. The van der Waals surface area contributed by atoms with Crippen molar-refractivity contribution in [3.8, 4) is 0 Å². The van der Waals surface area contributed by atoms with E-state index in [1.807, 2.05) is 6.07 Å². The summed E-state index contributed by atoms with van der Waals surface area (Å²) >= 11 is 5.85. The third-order valence-electron chi connectivity index (χ3n) is 2.65. The van der Waals surface area contributed by atoms with Crippen LogP contribution >= 0.6 is 11.6 Å². The summed E-state index contributed by atoms with van der Waals surface area (Å²) in [4.78, 5) is 22.6. The van der Waals surface area contributed by atoms with E-state index in [0.717, 1.165) is 5.56 Å². The molecular weight excluding hydrogens is 290 g/mol. The Balaban J connectivity index is 2.05. The number of halogens is 1. The van der Waals surface area contributed by atoms with E-state index in [2.05, 4.69) is 5.32 Å². The van der Waals surface area contributed by atoms with Crippen LogP contribution in [0.1, 0.15) is 15.9 Å². The first-order valence-corrected chi connectivity index (χ1v) is 6.50. The van der Waals surface area contributed by atoms with E-state index in [0.29, 0.717) is 10.7 Å². The molecule has 2 N–H and O–H groups in total. The van der Waals surface area contributed by atoms with Gasteiger partial charge in [0, 0.05) is 16.8 Å². The molecule has 0 heterocycles. The van der Waals surface area contributed by atoms with E-state index in [1.54, 1.807) is 36.4 Å². The van der Waals surface area contributed by atoms with Gasteiger partial charge in [-0.2, -0.15) is 0 Å². The fourth-order valence-corrected chi connectivity index (χ4v) is 1.89. The molecule has 0 radical (unpaired) electrons. The van der Waals surface area contributed by atoms with E-state index < -0.39 is 5.97 Å². The first-order valence-electron chi connectivity index (χ1n) is 6.12. The Morgan fingerprint density at radius 2 is 1.86 bits per heavy atom. The van der Waals surface area contributed by atoms with Crippen molar-refractivity contribution in [1.82, 2.24) is 0 Å². The van der Waals surface area contributed by atoms with Crippen LogP contribution in [-0.2, 0) is 4.79 Å². The van der Waals surface area contributed by atoms with Gasteiger partial charge < -0.3 is 10.4 Å². The first kappa shape index (κ1) is 14.8. The maximum absolute atomic E-state index is 11.8. The van der Waals surface area contributed by atoms with Crippen molar-refractivity contribution in [3.63, 3.8) is 0 Å². The second kappa shape index (κ2) is 6.72. The Bertz CT molecular complexity index is 710.